The third kappa shape index (κ3) is 4.79. The van der Waals surface area contributed by atoms with Crippen molar-refractivity contribution in [2.75, 3.05) is 23.7 Å². The quantitative estimate of drug-likeness (QED) is 0.783. The topological polar surface area (TPSA) is 27.3 Å². The van der Waals surface area contributed by atoms with Crippen molar-refractivity contribution in [3.8, 4) is 0 Å². The number of aryl methyl sites for hydroxylation is 1. The molecule has 1 fully saturated rings. The average Bonchev–Trinajstić information content (AvgIpc) is 2.60. The van der Waals surface area contributed by atoms with Gasteiger partial charge in [0.2, 0.25) is 0 Å². The second-order valence-electron chi connectivity index (χ2n) is 6.43. The van der Waals surface area contributed by atoms with Gasteiger partial charge in [-0.25, -0.2) is 0 Å². The smallest absolute Gasteiger partial charge is 0.175 e. The first-order valence-electron chi connectivity index (χ1n) is 8.66. The van der Waals surface area contributed by atoms with Gasteiger partial charge in [-0.2, -0.15) is 0 Å². The SMILES string of the molecule is Cc1ccccc1NC(=S)Nc1ccc(CN2CCCCC2)cc1. The van der Waals surface area contributed by atoms with Crippen molar-refractivity contribution < 1.29 is 0 Å². The first kappa shape index (κ1) is 16.9. The molecule has 0 saturated carbocycles. The van der Waals surface area contributed by atoms with E-state index in [9.17, 15) is 0 Å². The van der Waals surface area contributed by atoms with E-state index in [0.29, 0.717) is 5.11 Å². The number of hydrogen-bond acceptors (Lipinski definition) is 2. The lowest BCUT2D eigenvalue weighted by atomic mass is 10.1. The Morgan fingerprint density at radius 3 is 2.38 bits per heavy atom. The van der Waals surface area contributed by atoms with E-state index in [0.717, 1.165) is 17.9 Å². The highest BCUT2D eigenvalue weighted by Gasteiger charge is 2.10. The van der Waals surface area contributed by atoms with Crippen LogP contribution in [0, 0.1) is 6.92 Å². The summed E-state index contributed by atoms with van der Waals surface area (Å²) >= 11 is 5.41. The summed E-state index contributed by atoms with van der Waals surface area (Å²) in [6.07, 6.45) is 4.04. The first-order chi connectivity index (χ1) is 11.7. The largest absolute Gasteiger partial charge is 0.332 e. The summed E-state index contributed by atoms with van der Waals surface area (Å²) in [5, 5.41) is 7.12. The maximum absolute atomic E-state index is 5.41. The van der Waals surface area contributed by atoms with Gasteiger partial charge in [-0.05, 0) is 74.4 Å². The lowest BCUT2D eigenvalue weighted by Gasteiger charge is -2.26. The second-order valence-corrected chi connectivity index (χ2v) is 6.84. The Morgan fingerprint density at radius 2 is 1.67 bits per heavy atom. The molecule has 2 aromatic rings. The van der Waals surface area contributed by atoms with Crippen LogP contribution in [0.1, 0.15) is 30.4 Å². The first-order valence-corrected chi connectivity index (χ1v) is 9.06. The molecule has 2 aromatic carbocycles. The van der Waals surface area contributed by atoms with Gasteiger partial charge in [0.05, 0.1) is 0 Å². The fourth-order valence-electron chi connectivity index (χ4n) is 3.07. The van der Waals surface area contributed by atoms with Crippen LogP contribution in [0.2, 0.25) is 0 Å². The molecular formula is C20H25N3S. The summed E-state index contributed by atoms with van der Waals surface area (Å²) in [7, 11) is 0. The zero-order valence-electron chi connectivity index (χ0n) is 14.2. The van der Waals surface area contributed by atoms with Crippen molar-refractivity contribution >= 4 is 28.7 Å². The molecule has 1 aliphatic rings. The molecule has 4 heteroatoms. The number of thiocarbonyl (C=S) groups is 1. The van der Waals surface area contributed by atoms with Gasteiger partial charge < -0.3 is 10.6 Å². The fourth-order valence-corrected chi connectivity index (χ4v) is 3.29. The van der Waals surface area contributed by atoms with E-state index in [2.05, 4.69) is 52.8 Å². The van der Waals surface area contributed by atoms with Crippen molar-refractivity contribution in [2.45, 2.75) is 32.7 Å². The Hall–Kier alpha value is -1.91. The average molecular weight is 340 g/mol. The maximum Gasteiger partial charge on any atom is 0.175 e. The van der Waals surface area contributed by atoms with Gasteiger partial charge >= 0.3 is 0 Å². The van der Waals surface area contributed by atoms with Crippen molar-refractivity contribution in [1.29, 1.82) is 0 Å². The molecule has 3 nitrogen and oxygen atoms in total. The molecule has 24 heavy (non-hydrogen) atoms. The number of nitrogens with zero attached hydrogens (tertiary/aromatic N) is 1. The Kier molecular flexibility index (Phi) is 5.83. The van der Waals surface area contributed by atoms with Crippen LogP contribution >= 0.6 is 12.2 Å². The van der Waals surface area contributed by atoms with Crippen LogP contribution in [0.5, 0.6) is 0 Å². The number of para-hydroxylation sites is 1. The predicted molar refractivity (Wildman–Crippen MR) is 107 cm³/mol. The van der Waals surface area contributed by atoms with Gasteiger partial charge in [-0.15, -0.1) is 0 Å². The highest BCUT2D eigenvalue weighted by molar-refractivity contribution is 7.80. The Morgan fingerprint density at radius 1 is 0.958 bits per heavy atom. The molecule has 1 aliphatic heterocycles. The summed E-state index contributed by atoms with van der Waals surface area (Å²) < 4.78 is 0. The van der Waals surface area contributed by atoms with E-state index >= 15 is 0 Å². The lowest BCUT2D eigenvalue weighted by molar-refractivity contribution is 0.221. The molecule has 0 atom stereocenters. The number of rotatable bonds is 4. The van der Waals surface area contributed by atoms with Gasteiger partial charge in [0.1, 0.15) is 0 Å². The molecule has 3 rings (SSSR count). The molecule has 0 aromatic heterocycles. The van der Waals surface area contributed by atoms with E-state index in [1.165, 1.54) is 43.5 Å². The minimum Gasteiger partial charge on any atom is -0.332 e. The minimum absolute atomic E-state index is 0.619. The molecule has 126 valence electrons. The standard InChI is InChI=1S/C20H25N3S/c1-16-7-3-4-8-19(16)22-20(24)21-18-11-9-17(10-12-18)15-23-13-5-2-6-14-23/h3-4,7-12H,2,5-6,13-15H2,1H3,(H2,21,22,24). The molecular weight excluding hydrogens is 314 g/mol. The molecule has 0 aliphatic carbocycles. The number of anilines is 2. The summed E-state index contributed by atoms with van der Waals surface area (Å²) in [5.41, 5.74) is 4.60. The van der Waals surface area contributed by atoms with Crippen LogP contribution in [-0.4, -0.2) is 23.1 Å². The van der Waals surface area contributed by atoms with Crippen molar-refractivity contribution in [3.05, 3.63) is 59.7 Å². The van der Waals surface area contributed by atoms with E-state index in [1.54, 1.807) is 0 Å². The molecule has 0 unspecified atom stereocenters. The van der Waals surface area contributed by atoms with Crippen LogP contribution in [-0.2, 0) is 6.54 Å². The highest BCUT2D eigenvalue weighted by atomic mass is 32.1. The summed E-state index contributed by atoms with van der Waals surface area (Å²) in [6.45, 7) is 5.57. The van der Waals surface area contributed by atoms with Crippen molar-refractivity contribution in [2.24, 2.45) is 0 Å². The number of nitrogens with one attached hydrogen (secondary N) is 2. The van der Waals surface area contributed by atoms with Crippen LogP contribution in [0.15, 0.2) is 48.5 Å². The zero-order chi connectivity index (χ0) is 16.8. The van der Waals surface area contributed by atoms with Crippen LogP contribution in [0.4, 0.5) is 11.4 Å². The van der Waals surface area contributed by atoms with Crippen molar-refractivity contribution in [3.63, 3.8) is 0 Å². The van der Waals surface area contributed by atoms with Crippen LogP contribution < -0.4 is 10.6 Å². The predicted octanol–water partition coefficient (Wildman–Crippen LogP) is 4.79. The Labute approximate surface area is 150 Å². The Bertz CT molecular complexity index is 676. The molecule has 1 saturated heterocycles. The molecule has 2 N–H and O–H groups in total. The van der Waals surface area contributed by atoms with Gasteiger partial charge in [0, 0.05) is 17.9 Å². The molecule has 1 heterocycles. The van der Waals surface area contributed by atoms with Gasteiger partial charge in [0.15, 0.2) is 5.11 Å². The number of benzene rings is 2. The Balaban J connectivity index is 1.53. The molecule has 0 bridgehead atoms. The fraction of sp³-hybridized carbons (Fsp3) is 0.350. The molecule has 0 amide bonds. The number of hydrogen-bond donors (Lipinski definition) is 2. The van der Waals surface area contributed by atoms with Gasteiger partial charge in [-0.1, -0.05) is 36.8 Å². The van der Waals surface area contributed by atoms with Gasteiger partial charge in [-0.3, -0.25) is 4.90 Å². The van der Waals surface area contributed by atoms with E-state index < -0.39 is 0 Å². The number of piperidine rings is 1. The monoisotopic (exact) mass is 339 g/mol. The van der Waals surface area contributed by atoms with E-state index in [4.69, 9.17) is 12.2 Å². The third-order valence-electron chi connectivity index (χ3n) is 4.46. The molecule has 0 spiro atoms. The minimum atomic E-state index is 0.619. The zero-order valence-corrected chi connectivity index (χ0v) is 15.0. The molecule has 0 radical (unpaired) electrons. The van der Waals surface area contributed by atoms with E-state index in [-0.39, 0.29) is 0 Å². The van der Waals surface area contributed by atoms with E-state index in [1.807, 2.05) is 18.2 Å². The van der Waals surface area contributed by atoms with Crippen LogP contribution in [0.25, 0.3) is 0 Å². The van der Waals surface area contributed by atoms with Crippen molar-refractivity contribution in [1.82, 2.24) is 4.90 Å². The second kappa shape index (κ2) is 8.27. The third-order valence-corrected chi connectivity index (χ3v) is 4.66. The number of likely N-dealkylation sites (tertiary alicyclic amines) is 1. The lowest BCUT2D eigenvalue weighted by Crippen LogP contribution is -2.29. The summed E-state index contributed by atoms with van der Waals surface area (Å²) in [6, 6.07) is 16.7. The normalized spacial score (nSPS) is 15.0. The summed E-state index contributed by atoms with van der Waals surface area (Å²) in [4.78, 5) is 2.54. The van der Waals surface area contributed by atoms with Gasteiger partial charge in [0.25, 0.3) is 0 Å². The summed E-state index contributed by atoms with van der Waals surface area (Å²) in [5.74, 6) is 0. The highest BCUT2D eigenvalue weighted by Crippen LogP contribution is 2.17. The van der Waals surface area contributed by atoms with Crippen LogP contribution in [0.3, 0.4) is 0 Å². The maximum atomic E-state index is 5.41.